The number of methoxy groups -OCH3 is 1. The van der Waals surface area contributed by atoms with Gasteiger partial charge < -0.3 is 9.84 Å². The summed E-state index contributed by atoms with van der Waals surface area (Å²) in [7, 11) is 1.74. The van der Waals surface area contributed by atoms with Crippen molar-refractivity contribution in [3.05, 3.63) is 34.9 Å². The van der Waals surface area contributed by atoms with Crippen LogP contribution in [0.3, 0.4) is 0 Å². The number of hydrogen-bond acceptors (Lipinski definition) is 2. The molecular weight excluding hydrogens is 224 g/mol. The van der Waals surface area contributed by atoms with Gasteiger partial charge in [0, 0.05) is 7.11 Å². The van der Waals surface area contributed by atoms with E-state index in [2.05, 4.69) is 32.0 Å². The second-order valence-electron chi connectivity index (χ2n) is 5.59. The summed E-state index contributed by atoms with van der Waals surface area (Å²) < 4.78 is 5.74. The molecule has 100 valence electrons. The lowest BCUT2D eigenvalue weighted by Crippen LogP contribution is -2.40. The lowest BCUT2D eigenvalue weighted by atomic mass is 9.77. The smallest absolute Gasteiger partial charge is 0.108 e. The Morgan fingerprint density at radius 3 is 2.44 bits per heavy atom. The molecule has 18 heavy (non-hydrogen) atoms. The molecule has 0 amide bonds. The van der Waals surface area contributed by atoms with Gasteiger partial charge in [0.15, 0.2) is 0 Å². The standard InChI is InChI=1S/C16H24O2/c1-12-7-8-13(2)14(11-12)15(17)16(18-3)9-5-4-6-10-16/h7-8,11,15,17H,4-6,9-10H2,1-3H3. The van der Waals surface area contributed by atoms with E-state index in [0.717, 1.165) is 36.8 Å². The van der Waals surface area contributed by atoms with Crippen LogP contribution in [-0.2, 0) is 4.74 Å². The first-order valence-corrected chi connectivity index (χ1v) is 6.89. The Hall–Kier alpha value is -0.860. The summed E-state index contributed by atoms with van der Waals surface area (Å²) in [5.74, 6) is 0. The van der Waals surface area contributed by atoms with E-state index < -0.39 is 6.10 Å². The molecule has 0 aromatic heterocycles. The molecule has 0 radical (unpaired) electrons. The molecule has 1 fully saturated rings. The fourth-order valence-electron chi connectivity index (χ4n) is 3.08. The molecule has 1 N–H and O–H groups in total. The molecule has 0 heterocycles. The molecular formula is C16H24O2. The molecule has 2 nitrogen and oxygen atoms in total. The van der Waals surface area contributed by atoms with Crippen molar-refractivity contribution in [3.63, 3.8) is 0 Å². The average molecular weight is 248 g/mol. The van der Waals surface area contributed by atoms with Crippen molar-refractivity contribution >= 4 is 0 Å². The Morgan fingerprint density at radius 1 is 1.17 bits per heavy atom. The highest BCUT2D eigenvalue weighted by Crippen LogP contribution is 2.41. The molecule has 1 aliphatic rings. The van der Waals surface area contributed by atoms with Gasteiger partial charge in [-0.2, -0.15) is 0 Å². The van der Waals surface area contributed by atoms with E-state index in [-0.39, 0.29) is 5.60 Å². The summed E-state index contributed by atoms with van der Waals surface area (Å²) in [5.41, 5.74) is 2.99. The number of aryl methyl sites for hydroxylation is 2. The summed E-state index contributed by atoms with van der Waals surface area (Å²) in [6.45, 7) is 4.13. The van der Waals surface area contributed by atoms with E-state index >= 15 is 0 Å². The van der Waals surface area contributed by atoms with Crippen LogP contribution < -0.4 is 0 Å². The summed E-state index contributed by atoms with van der Waals surface area (Å²) in [4.78, 5) is 0. The molecule has 1 saturated carbocycles. The predicted molar refractivity (Wildman–Crippen MR) is 73.7 cm³/mol. The molecule has 1 aromatic rings. The highest BCUT2D eigenvalue weighted by molar-refractivity contribution is 5.33. The van der Waals surface area contributed by atoms with Crippen molar-refractivity contribution in [3.8, 4) is 0 Å². The Kier molecular flexibility index (Phi) is 4.08. The SMILES string of the molecule is COC1(C(O)c2cc(C)ccc2C)CCCCC1. The molecule has 1 unspecified atom stereocenters. The Labute approximate surface area is 110 Å². The van der Waals surface area contributed by atoms with Crippen LogP contribution in [0.15, 0.2) is 18.2 Å². The van der Waals surface area contributed by atoms with Crippen LogP contribution in [0.5, 0.6) is 0 Å². The van der Waals surface area contributed by atoms with Crippen molar-refractivity contribution < 1.29 is 9.84 Å². The van der Waals surface area contributed by atoms with Crippen LogP contribution in [0, 0.1) is 13.8 Å². The molecule has 0 bridgehead atoms. The van der Waals surface area contributed by atoms with E-state index in [9.17, 15) is 5.11 Å². The molecule has 1 aromatic carbocycles. The lowest BCUT2D eigenvalue weighted by molar-refractivity contribution is -0.125. The van der Waals surface area contributed by atoms with Gasteiger partial charge >= 0.3 is 0 Å². The average Bonchev–Trinajstić information content (AvgIpc) is 2.41. The third kappa shape index (κ3) is 2.45. The minimum absolute atomic E-state index is 0.378. The highest BCUT2D eigenvalue weighted by atomic mass is 16.5. The van der Waals surface area contributed by atoms with Gasteiger partial charge in [0.1, 0.15) is 6.10 Å². The summed E-state index contributed by atoms with van der Waals surface area (Å²) in [5, 5.41) is 10.8. The minimum atomic E-state index is -0.511. The molecule has 2 heteroatoms. The van der Waals surface area contributed by atoms with Gasteiger partial charge in [0.25, 0.3) is 0 Å². The van der Waals surface area contributed by atoms with Crippen LogP contribution >= 0.6 is 0 Å². The maximum atomic E-state index is 10.8. The van der Waals surface area contributed by atoms with Crippen LogP contribution in [0.1, 0.15) is 54.9 Å². The van der Waals surface area contributed by atoms with Gasteiger partial charge in [-0.3, -0.25) is 0 Å². The molecule has 1 aliphatic carbocycles. The molecule has 2 rings (SSSR count). The van der Waals surface area contributed by atoms with Crippen LogP contribution in [-0.4, -0.2) is 17.8 Å². The first-order chi connectivity index (χ1) is 8.59. The van der Waals surface area contributed by atoms with Crippen molar-refractivity contribution in [1.82, 2.24) is 0 Å². The van der Waals surface area contributed by atoms with Gasteiger partial charge in [-0.05, 0) is 37.8 Å². The van der Waals surface area contributed by atoms with Crippen LogP contribution in [0.4, 0.5) is 0 Å². The van der Waals surface area contributed by atoms with E-state index in [1.165, 1.54) is 12.0 Å². The van der Waals surface area contributed by atoms with Crippen molar-refractivity contribution in [1.29, 1.82) is 0 Å². The quantitative estimate of drug-likeness (QED) is 0.884. The van der Waals surface area contributed by atoms with Gasteiger partial charge in [-0.25, -0.2) is 0 Å². The zero-order chi connectivity index (χ0) is 13.2. The van der Waals surface area contributed by atoms with E-state index in [1.807, 2.05) is 0 Å². The Bertz CT molecular complexity index is 406. The topological polar surface area (TPSA) is 29.5 Å². The third-order valence-electron chi connectivity index (χ3n) is 4.33. The van der Waals surface area contributed by atoms with Crippen LogP contribution in [0.25, 0.3) is 0 Å². The van der Waals surface area contributed by atoms with E-state index in [4.69, 9.17) is 4.74 Å². The second kappa shape index (κ2) is 5.41. The predicted octanol–water partition coefficient (Wildman–Crippen LogP) is 3.69. The minimum Gasteiger partial charge on any atom is -0.385 e. The van der Waals surface area contributed by atoms with Crippen molar-refractivity contribution in [2.24, 2.45) is 0 Å². The van der Waals surface area contributed by atoms with Crippen molar-refractivity contribution in [2.45, 2.75) is 57.7 Å². The zero-order valence-electron chi connectivity index (χ0n) is 11.7. The number of ether oxygens (including phenoxy) is 1. The summed E-state index contributed by atoms with van der Waals surface area (Å²) in [6.07, 6.45) is 4.95. The Morgan fingerprint density at radius 2 is 1.83 bits per heavy atom. The summed E-state index contributed by atoms with van der Waals surface area (Å²) in [6, 6.07) is 6.27. The third-order valence-corrected chi connectivity index (χ3v) is 4.33. The molecule has 0 saturated heterocycles. The fraction of sp³-hybridized carbons (Fsp3) is 0.625. The lowest BCUT2D eigenvalue weighted by Gasteiger charge is -2.40. The monoisotopic (exact) mass is 248 g/mol. The normalized spacial score (nSPS) is 20.7. The van der Waals surface area contributed by atoms with Crippen LogP contribution in [0.2, 0.25) is 0 Å². The fourth-order valence-corrected chi connectivity index (χ4v) is 3.08. The number of aliphatic hydroxyl groups excluding tert-OH is 1. The van der Waals surface area contributed by atoms with Gasteiger partial charge in [-0.15, -0.1) is 0 Å². The van der Waals surface area contributed by atoms with Gasteiger partial charge in [-0.1, -0.05) is 43.0 Å². The number of rotatable bonds is 3. The van der Waals surface area contributed by atoms with E-state index in [1.54, 1.807) is 7.11 Å². The maximum Gasteiger partial charge on any atom is 0.108 e. The number of aliphatic hydroxyl groups is 1. The zero-order valence-corrected chi connectivity index (χ0v) is 11.7. The maximum absolute atomic E-state index is 10.8. The van der Waals surface area contributed by atoms with Crippen molar-refractivity contribution in [2.75, 3.05) is 7.11 Å². The van der Waals surface area contributed by atoms with Gasteiger partial charge in [0.2, 0.25) is 0 Å². The molecule has 0 spiro atoms. The molecule has 0 aliphatic heterocycles. The summed E-state index contributed by atoms with van der Waals surface area (Å²) >= 11 is 0. The van der Waals surface area contributed by atoms with Gasteiger partial charge in [0.05, 0.1) is 5.60 Å². The largest absolute Gasteiger partial charge is 0.385 e. The first-order valence-electron chi connectivity index (χ1n) is 6.89. The number of benzene rings is 1. The number of hydrogen-bond donors (Lipinski definition) is 1. The second-order valence-corrected chi connectivity index (χ2v) is 5.59. The van der Waals surface area contributed by atoms with E-state index in [0.29, 0.717) is 0 Å². The Balaban J connectivity index is 2.33. The highest BCUT2D eigenvalue weighted by Gasteiger charge is 2.40. The molecule has 1 atom stereocenters. The first kappa shape index (κ1) is 13.6.